The molecule has 0 saturated heterocycles. The van der Waals surface area contributed by atoms with Gasteiger partial charge in [-0.1, -0.05) is 0 Å². The van der Waals surface area contributed by atoms with Crippen molar-refractivity contribution in [3.8, 4) is 0 Å². The molecule has 0 bridgehead atoms. The first-order valence-corrected chi connectivity index (χ1v) is 6.72. The monoisotopic (exact) mass is 284 g/mol. The van der Waals surface area contributed by atoms with Crippen LogP contribution in [-0.4, -0.2) is 31.7 Å². The van der Waals surface area contributed by atoms with Gasteiger partial charge >= 0.3 is 0 Å². The van der Waals surface area contributed by atoms with Crippen LogP contribution in [0.25, 0.3) is 0 Å². The van der Waals surface area contributed by atoms with Gasteiger partial charge in [-0.25, -0.2) is 8.78 Å². The molecule has 2 unspecified atom stereocenters. The topological polar surface area (TPSA) is 35.5 Å². The number of carbonyl (C=O) groups is 1. The average molecular weight is 284 g/mol. The Morgan fingerprint density at radius 1 is 1.30 bits per heavy atom. The number of ketones is 1. The number of halogens is 2. The number of Topliss-reactive ketones (excluding diaryl/α,β-unsaturated/α-hetero) is 1. The minimum atomic E-state index is -0.850. The Morgan fingerprint density at radius 3 is 2.75 bits per heavy atom. The molecule has 2 rings (SSSR count). The summed E-state index contributed by atoms with van der Waals surface area (Å²) in [5.41, 5.74) is -0.134. The maximum Gasteiger partial charge on any atom is 0.191 e. The van der Waals surface area contributed by atoms with Crippen molar-refractivity contribution < 1.29 is 23.0 Å². The van der Waals surface area contributed by atoms with E-state index in [9.17, 15) is 13.6 Å². The van der Waals surface area contributed by atoms with Crippen LogP contribution in [0.2, 0.25) is 0 Å². The van der Waals surface area contributed by atoms with Crippen LogP contribution in [0.15, 0.2) is 18.2 Å². The lowest BCUT2D eigenvalue weighted by molar-refractivity contribution is -0.0243. The fourth-order valence-corrected chi connectivity index (χ4v) is 2.45. The second kappa shape index (κ2) is 6.90. The lowest BCUT2D eigenvalue weighted by Crippen LogP contribution is -2.29. The van der Waals surface area contributed by atoms with E-state index in [4.69, 9.17) is 9.47 Å². The molecule has 1 aliphatic rings. The summed E-state index contributed by atoms with van der Waals surface area (Å²) >= 11 is 0. The second-order valence-corrected chi connectivity index (χ2v) is 5.00. The number of ether oxygens (including phenoxy) is 2. The first kappa shape index (κ1) is 15.1. The summed E-state index contributed by atoms with van der Waals surface area (Å²) in [4.78, 5) is 11.9. The molecule has 0 aromatic heterocycles. The molecular weight excluding hydrogens is 266 g/mol. The summed E-state index contributed by atoms with van der Waals surface area (Å²) in [5, 5.41) is 0. The average Bonchev–Trinajstić information content (AvgIpc) is 2.45. The minimum Gasteiger partial charge on any atom is -0.381 e. The predicted molar refractivity (Wildman–Crippen MR) is 69.7 cm³/mol. The summed E-state index contributed by atoms with van der Waals surface area (Å²) in [5.74, 6) is -2.02. The van der Waals surface area contributed by atoms with Gasteiger partial charge in [0.1, 0.15) is 18.2 Å². The van der Waals surface area contributed by atoms with Crippen LogP contribution in [0.3, 0.4) is 0 Å². The second-order valence-electron chi connectivity index (χ2n) is 5.00. The molecule has 110 valence electrons. The fourth-order valence-electron chi connectivity index (χ4n) is 2.45. The van der Waals surface area contributed by atoms with Gasteiger partial charge in [0.05, 0.1) is 17.8 Å². The van der Waals surface area contributed by atoms with Gasteiger partial charge in [-0.05, 0) is 37.8 Å². The normalized spacial score (nSPS) is 22.8. The van der Waals surface area contributed by atoms with Crippen molar-refractivity contribution in [1.29, 1.82) is 0 Å². The predicted octanol–water partition coefficient (Wildman–Crippen LogP) is 3.12. The van der Waals surface area contributed by atoms with Crippen LogP contribution in [0.5, 0.6) is 0 Å². The Kier molecular flexibility index (Phi) is 5.20. The molecule has 1 fully saturated rings. The highest BCUT2D eigenvalue weighted by Gasteiger charge is 2.23. The number of methoxy groups -OCH3 is 1. The van der Waals surface area contributed by atoms with Gasteiger partial charge in [0.2, 0.25) is 0 Å². The third kappa shape index (κ3) is 3.84. The van der Waals surface area contributed by atoms with E-state index in [0.29, 0.717) is 6.07 Å². The van der Waals surface area contributed by atoms with Crippen molar-refractivity contribution >= 4 is 5.78 Å². The third-order valence-corrected chi connectivity index (χ3v) is 3.59. The van der Waals surface area contributed by atoms with Crippen LogP contribution < -0.4 is 0 Å². The SMILES string of the molecule is COC1CCCC(OCC(=O)c2ccc(F)cc2F)C1. The van der Waals surface area contributed by atoms with Crippen LogP contribution in [0.1, 0.15) is 36.0 Å². The van der Waals surface area contributed by atoms with Crippen LogP contribution in [-0.2, 0) is 9.47 Å². The standard InChI is InChI=1S/C15H18F2O3/c1-19-11-3-2-4-12(8-11)20-9-15(18)13-6-5-10(16)7-14(13)17/h5-7,11-12H,2-4,8-9H2,1H3. The summed E-state index contributed by atoms with van der Waals surface area (Å²) in [6.45, 7) is -0.191. The summed E-state index contributed by atoms with van der Waals surface area (Å²) in [6, 6.07) is 2.92. The first-order valence-electron chi connectivity index (χ1n) is 6.72. The van der Waals surface area contributed by atoms with Gasteiger partial charge in [0.25, 0.3) is 0 Å². The van der Waals surface area contributed by atoms with E-state index < -0.39 is 17.4 Å². The number of hydrogen-bond acceptors (Lipinski definition) is 3. The van der Waals surface area contributed by atoms with Crippen LogP contribution in [0, 0.1) is 11.6 Å². The molecule has 1 aromatic carbocycles. The van der Waals surface area contributed by atoms with E-state index in [1.165, 1.54) is 0 Å². The zero-order chi connectivity index (χ0) is 14.5. The number of carbonyl (C=O) groups excluding carboxylic acids is 1. The molecular formula is C15H18F2O3. The van der Waals surface area contributed by atoms with Crippen molar-refractivity contribution in [1.82, 2.24) is 0 Å². The Balaban J connectivity index is 1.88. The van der Waals surface area contributed by atoms with Crippen molar-refractivity contribution in [2.75, 3.05) is 13.7 Å². The summed E-state index contributed by atoms with van der Waals surface area (Å²) in [7, 11) is 1.66. The quantitative estimate of drug-likeness (QED) is 0.779. The van der Waals surface area contributed by atoms with E-state index in [1.807, 2.05) is 0 Å². The molecule has 0 amide bonds. The molecule has 1 aromatic rings. The Bertz CT molecular complexity index is 476. The fraction of sp³-hybridized carbons (Fsp3) is 0.533. The molecule has 0 N–H and O–H groups in total. The third-order valence-electron chi connectivity index (χ3n) is 3.59. The lowest BCUT2D eigenvalue weighted by Gasteiger charge is -2.27. The van der Waals surface area contributed by atoms with Gasteiger partial charge in [-0.15, -0.1) is 0 Å². The van der Waals surface area contributed by atoms with E-state index >= 15 is 0 Å². The van der Waals surface area contributed by atoms with Crippen LogP contribution in [0.4, 0.5) is 8.78 Å². The zero-order valence-corrected chi connectivity index (χ0v) is 11.4. The van der Waals surface area contributed by atoms with Gasteiger partial charge in [0, 0.05) is 13.2 Å². The molecule has 0 radical (unpaired) electrons. The molecule has 0 heterocycles. The molecule has 20 heavy (non-hydrogen) atoms. The Morgan fingerprint density at radius 2 is 2.05 bits per heavy atom. The Labute approximate surface area is 116 Å². The van der Waals surface area contributed by atoms with Crippen LogP contribution >= 0.6 is 0 Å². The summed E-state index contributed by atoms with van der Waals surface area (Å²) in [6.07, 6.45) is 3.72. The number of benzene rings is 1. The van der Waals surface area contributed by atoms with E-state index in [-0.39, 0.29) is 24.4 Å². The summed E-state index contributed by atoms with van der Waals surface area (Å²) < 4.78 is 37.0. The van der Waals surface area contributed by atoms with Gasteiger partial charge in [0.15, 0.2) is 5.78 Å². The number of hydrogen-bond donors (Lipinski definition) is 0. The maximum absolute atomic E-state index is 13.4. The highest BCUT2D eigenvalue weighted by Crippen LogP contribution is 2.23. The van der Waals surface area contributed by atoms with Crippen molar-refractivity contribution in [3.05, 3.63) is 35.4 Å². The smallest absolute Gasteiger partial charge is 0.191 e. The highest BCUT2D eigenvalue weighted by atomic mass is 19.1. The molecule has 1 aliphatic carbocycles. The van der Waals surface area contributed by atoms with Crippen molar-refractivity contribution in [2.24, 2.45) is 0 Å². The first-order chi connectivity index (χ1) is 9.60. The zero-order valence-electron chi connectivity index (χ0n) is 11.4. The molecule has 0 aliphatic heterocycles. The van der Waals surface area contributed by atoms with Crippen molar-refractivity contribution in [2.45, 2.75) is 37.9 Å². The van der Waals surface area contributed by atoms with Gasteiger partial charge in [-0.2, -0.15) is 0 Å². The Hall–Kier alpha value is -1.33. The molecule has 5 heteroatoms. The molecule has 1 saturated carbocycles. The van der Waals surface area contributed by atoms with Crippen molar-refractivity contribution in [3.63, 3.8) is 0 Å². The van der Waals surface area contributed by atoms with Gasteiger partial charge in [-0.3, -0.25) is 4.79 Å². The van der Waals surface area contributed by atoms with Gasteiger partial charge < -0.3 is 9.47 Å². The molecule has 3 nitrogen and oxygen atoms in total. The molecule has 2 atom stereocenters. The van der Waals surface area contributed by atoms with E-state index in [0.717, 1.165) is 37.8 Å². The molecule has 0 spiro atoms. The maximum atomic E-state index is 13.4. The van der Waals surface area contributed by atoms with E-state index in [1.54, 1.807) is 7.11 Å². The van der Waals surface area contributed by atoms with E-state index in [2.05, 4.69) is 0 Å². The largest absolute Gasteiger partial charge is 0.381 e. The lowest BCUT2D eigenvalue weighted by atomic mass is 9.95. The minimum absolute atomic E-state index is 0.0406. The number of rotatable bonds is 5. The highest BCUT2D eigenvalue weighted by molar-refractivity contribution is 5.97.